The summed E-state index contributed by atoms with van der Waals surface area (Å²) in [6.45, 7) is 1.51. The molecular weight excluding hydrogens is 128 g/mol. The van der Waals surface area contributed by atoms with Crippen LogP contribution in [-0.2, 0) is 15.3 Å². The van der Waals surface area contributed by atoms with Crippen molar-refractivity contribution in [1.29, 1.82) is 0 Å². The summed E-state index contributed by atoms with van der Waals surface area (Å²) >= 11 is -1.46. The molecule has 4 heteroatoms. The van der Waals surface area contributed by atoms with Crippen molar-refractivity contribution in [2.45, 2.75) is 6.92 Å². The van der Waals surface area contributed by atoms with Crippen LogP contribution in [0.15, 0.2) is 11.2 Å². The Labute approximate surface area is 50.6 Å². The topological polar surface area (TPSA) is 46.5 Å². The van der Waals surface area contributed by atoms with Crippen LogP contribution in [0, 0.1) is 0 Å². The number of hydrogen-bond acceptors (Lipinski definition) is 3. The molecule has 0 aromatic heterocycles. The number of allylic oxidation sites excluding steroid dienone is 1. The lowest BCUT2D eigenvalue weighted by molar-refractivity contribution is 0.443. The van der Waals surface area contributed by atoms with Gasteiger partial charge < -0.3 is 5.11 Å². The molecule has 48 valence electrons. The van der Waals surface area contributed by atoms with Crippen LogP contribution in [-0.4, -0.2) is 16.4 Å². The van der Waals surface area contributed by atoms with E-state index in [0.29, 0.717) is 4.91 Å². The first-order chi connectivity index (χ1) is 3.72. The number of aliphatic hydroxyl groups excluding tert-OH is 1. The lowest BCUT2D eigenvalue weighted by atomic mass is 10.7. The minimum atomic E-state index is -1.46. The minimum absolute atomic E-state index is 0.313. The molecule has 0 spiro atoms. The number of rotatable bonds is 2. The molecule has 1 atom stereocenters. The van der Waals surface area contributed by atoms with Gasteiger partial charge in [0, 0.05) is 0 Å². The van der Waals surface area contributed by atoms with E-state index in [4.69, 9.17) is 5.11 Å². The van der Waals surface area contributed by atoms with E-state index in [1.807, 2.05) is 0 Å². The van der Waals surface area contributed by atoms with E-state index in [1.54, 1.807) is 0 Å². The quantitative estimate of drug-likeness (QED) is 0.569. The smallest absolute Gasteiger partial charge is 0.187 e. The molecule has 0 bridgehead atoms. The van der Waals surface area contributed by atoms with Crippen molar-refractivity contribution in [3.63, 3.8) is 0 Å². The van der Waals surface area contributed by atoms with Gasteiger partial charge in [0.2, 0.25) is 0 Å². The summed E-state index contributed by atoms with van der Waals surface area (Å²) in [6.07, 6.45) is 0.764. The second-order valence-electron chi connectivity index (χ2n) is 1.14. The summed E-state index contributed by atoms with van der Waals surface area (Å²) in [5.74, 6) is 0. The highest BCUT2D eigenvalue weighted by molar-refractivity contribution is 7.84. The van der Waals surface area contributed by atoms with Crippen LogP contribution in [0.5, 0.6) is 0 Å². The molecule has 0 rings (SSSR count). The van der Waals surface area contributed by atoms with Gasteiger partial charge in [0.1, 0.15) is 0 Å². The van der Waals surface area contributed by atoms with E-state index in [2.05, 4.69) is 4.18 Å². The maximum absolute atomic E-state index is 10.4. The fourth-order valence-electron chi connectivity index (χ4n) is 0.174. The molecule has 0 fully saturated rings. The van der Waals surface area contributed by atoms with Gasteiger partial charge in [-0.3, -0.25) is 4.18 Å². The zero-order valence-electron chi connectivity index (χ0n) is 4.75. The highest BCUT2D eigenvalue weighted by atomic mass is 32.2. The molecule has 3 nitrogen and oxygen atoms in total. The zero-order valence-corrected chi connectivity index (χ0v) is 5.57. The first-order valence-corrected chi connectivity index (χ1v) is 3.07. The van der Waals surface area contributed by atoms with Crippen LogP contribution in [0.3, 0.4) is 0 Å². The average Bonchev–Trinajstić information content (AvgIpc) is 1.84. The largest absolute Gasteiger partial charge is 0.515 e. The van der Waals surface area contributed by atoms with Gasteiger partial charge in [-0.25, -0.2) is 4.21 Å². The fraction of sp³-hybridized carbons (Fsp3) is 0.500. The average molecular weight is 136 g/mol. The summed E-state index contributed by atoms with van der Waals surface area (Å²) in [6, 6.07) is 0. The van der Waals surface area contributed by atoms with E-state index in [0.717, 1.165) is 6.26 Å². The van der Waals surface area contributed by atoms with Crippen molar-refractivity contribution in [1.82, 2.24) is 0 Å². The monoisotopic (exact) mass is 136 g/mol. The van der Waals surface area contributed by atoms with Crippen LogP contribution in [0.4, 0.5) is 0 Å². The first-order valence-electron chi connectivity index (χ1n) is 1.99. The molecule has 0 heterocycles. The summed E-state index contributed by atoms with van der Waals surface area (Å²) < 4.78 is 14.8. The summed E-state index contributed by atoms with van der Waals surface area (Å²) in [4.78, 5) is 0.313. The standard InChI is InChI=1S/C4H8O3S/c1-4(3-5)8(6)7-2/h3,5H,1-2H3/b4-3+. The van der Waals surface area contributed by atoms with Gasteiger partial charge in [0.15, 0.2) is 11.1 Å². The molecule has 0 aliphatic carbocycles. The third-order valence-corrected chi connectivity index (χ3v) is 1.53. The van der Waals surface area contributed by atoms with E-state index < -0.39 is 11.1 Å². The van der Waals surface area contributed by atoms with Crippen molar-refractivity contribution in [2.75, 3.05) is 7.11 Å². The second-order valence-corrected chi connectivity index (χ2v) is 2.59. The Balaban J connectivity index is 3.83. The van der Waals surface area contributed by atoms with Gasteiger partial charge in [0.25, 0.3) is 0 Å². The minimum Gasteiger partial charge on any atom is -0.515 e. The molecule has 1 unspecified atom stereocenters. The highest BCUT2D eigenvalue weighted by Crippen LogP contribution is 1.97. The Hall–Kier alpha value is -0.350. The molecule has 0 aliphatic heterocycles. The predicted octanol–water partition coefficient (Wildman–Crippen LogP) is 0.716. The Morgan fingerprint density at radius 2 is 2.38 bits per heavy atom. The number of aliphatic hydroxyl groups is 1. The van der Waals surface area contributed by atoms with Crippen molar-refractivity contribution in [3.05, 3.63) is 11.2 Å². The zero-order chi connectivity index (χ0) is 6.57. The molecular formula is C4H8O3S. The van der Waals surface area contributed by atoms with E-state index in [1.165, 1.54) is 14.0 Å². The van der Waals surface area contributed by atoms with Crippen LogP contribution in [0.1, 0.15) is 6.92 Å². The maximum Gasteiger partial charge on any atom is 0.187 e. The molecule has 0 radical (unpaired) electrons. The molecule has 0 aliphatic rings. The summed E-state index contributed by atoms with van der Waals surface area (Å²) in [5.41, 5.74) is 0. The third kappa shape index (κ3) is 2.09. The van der Waals surface area contributed by atoms with Crippen molar-refractivity contribution < 1.29 is 13.5 Å². The Morgan fingerprint density at radius 3 is 2.50 bits per heavy atom. The SMILES string of the molecule is COS(=O)/C(C)=C/O. The fourth-order valence-corrected chi connectivity index (χ4v) is 0.523. The Kier molecular flexibility index (Phi) is 3.47. The summed E-state index contributed by atoms with van der Waals surface area (Å²) in [7, 11) is 1.31. The van der Waals surface area contributed by atoms with E-state index >= 15 is 0 Å². The summed E-state index contributed by atoms with van der Waals surface area (Å²) in [5, 5.41) is 8.20. The first kappa shape index (κ1) is 7.65. The maximum atomic E-state index is 10.4. The highest BCUT2D eigenvalue weighted by Gasteiger charge is 1.96. The van der Waals surface area contributed by atoms with Crippen molar-refractivity contribution in [2.24, 2.45) is 0 Å². The van der Waals surface area contributed by atoms with E-state index in [-0.39, 0.29) is 0 Å². The molecule has 0 amide bonds. The Bertz CT molecular complexity index is 118. The van der Waals surface area contributed by atoms with Crippen molar-refractivity contribution >= 4 is 11.1 Å². The van der Waals surface area contributed by atoms with Gasteiger partial charge >= 0.3 is 0 Å². The molecule has 0 saturated heterocycles. The molecule has 0 saturated carbocycles. The molecule has 8 heavy (non-hydrogen) atoms. The van der Waals surface area contributed by atoms with Crippen molar-refractivity contribution in [3.8, 4) is 0 Å². The molecule has 0 aromatic rings. The molecule has 0 aromatic carbocycles. The van der Waals surface area contributed by atoms with Crippen LogP contribution in [0.2, 0.25) is 0 Å². The predicted molar refractivity (Wildman–Crippen MR) is 31.5 cm³/mol. The van der Waals surface area contributed by atoms with Crippen LogP contribution in [0.25, 0.3) is 0 Å². The Morgan fingerprint density at radius 1 is 1.88 bits per heavy atom. The van der Waals surface area contributed by atoms with Gasteiger partial charge in [-0.2, -0.15) is 0 Å². The number of hydrogen-bond donors (Lipinski definition) is 1. The van der Waals surface area contributed by atoms with Crippen LogP contribution >= 0.6 is 0 Å². The van der Waals surface area contributed by atoms with Gasteiger partial charge in [0.05, 0.1) is 18.3 Å². The van der Waals surface area contributed by atoms with Gasteiger partial charge in [-0.05, 0) is 6.92 Å². The lowest BCUT2D eigenvalue weighted by Gasteiger charge is -1.92. The van der Waals surface area contributed by atoms with Gasteiger partial charge in [-0.1, -0.05) is 0 Å². The second kappa shape index (κ2) is 3.63. The lowest BCUT2D eigenvalue weighted by Crippen LogP contribution is -1.91. The van der Waals surface area contributed by atoms with E-state index in [9.17, 15) is 4.21 Å². The van der Waals surface area contributed by atoms with Gasteiger partial charge in [-0.15, -0.1) is 0 Å². The molecule has 1 N–H and O–H groups in total. The normalized spacial score (nSPS) is 16.0. The van der Waals surface area contributed by atoms with Crippen LogP contribution < -0.4 is 0 Å². The third-order valence-electron chi connectivity index (χ3n) is 0.596.